The van der Waals surface area contributed by atoms with Gasteiger partial charge in [-0.05, 0) is 49.4 Å². The van der Waals surface area contributed by atoms with E-state index in [2.05, 4.69) is 19.2 Å². The fourth-order valence-corrected chi connectivity index (χ4v) is 2.30. The summed E-state index contributed by atoms with van der Waals surface area (Å²) >= 11 is 0. The van der Waals surface area contributed by atoms with E-state index in [1.807, 2.05) is 12.1 Å². The Labute approximate surface area is 103 Å². The zero-order valence-corrected chi connectivity index (χ0v) is 10.7. The van der Waals surface area contributed by atoms with E-state index >= 15 is 0 Å². The number of benzene rings is 1. The molecule has 0 bridgehead atoms. The van der Waals surface area contributed by atoms with Crippen molar-refractivity contribution in [2.45, 2.75) is 45.1 Å². The second-order valence-electron chi connectivity index (χ2n) is 5.49. The van der Waals surface area contributed by atoms with Gasteiger partial charge in [0.1, 0.15) is 5.82 Å². The average Bonchev–Trinajstić information content (AvgIpc) is 3.05. The Morgan fingerprint density at radius 3 is 2.65 bits per heavy atom. The summed E-state index contributed by atoms with van der Waals surface area (Å²) in [5, 5.41) is 3.58. The maximum atomic E-state index is 12.8. The Hall–Kier alpha value is -0.890. The molecule has 0 aromatic heterocycles. The van der Waals surface area contributed by atoms with Crippen LogP contribution in [0.25, 0.3) is 0 Å². The highest BCUT2D eigenvalue weighted by molar-refractivity contribution is 5.28. The first-order valence-corrected chi connectivity index (χ1v) is 6.65. The van der Waals surface area contributed by atoms with Crippen molar-refractivity contribution < 1.29 is 4.39 Å². The first-order chi connectivity index (χ1) is 8.16. The highest BCUT2D eigenvalue weighted by Crippen LogP contribution is 2.40. The Kier molecular flexibility index (Phi) is 4.16. The number of rotatable bonds is 6. The molecule has 0 spiro atoms. The number of halogens is 1. The van der Waals surface area contributed by atoms with Gasteiger partial charge in [0, 0.05) is 12.0 Å². The predicted molar refractivity (Wildman–Crippen MR) is 69.6 cm³/mol. The van der Waals surface area contributed by atoms with Crippen LogP contribution >= 0.6 is 0 Å². The molecule has 1 fully saturated rings. The van der Waals surface area contributed by atoms with Gasteiger partial charge in [0.25, 0.3) is 0 Å². The molecule has 2 rings (SSSR count). The smallest absolute Gasteiger partial charge is 0.123 e. The number of nitrogens with one attached hydrogen (secondary N) is 1. The quantitative estimate of drug-likeness (QED) is 0.741. The average molecular weight is 235 g/mol. The highest BCUT2D eigenvalue weighted by Gasteiger charge is 2.37. The number of hydrogen-bond donors (Lipinski definition) is 1. The zero-order valence-electron chi connectivity index (χ0n) is 10.7. The van der Waals surface area contributed by atoms with Crippen molar-refractivity contribution in [3.63, 3.8) is 0 Å². The molecule has 0 saturated heterocycles. The van der Waals surface area contributed by atoms with Crippen molar-refractivity contribution >= 4 is 0 Å². The van der Waals surface area contributed by atoms with Crippen LogP contribution < -0.4 is 5.32 Å². The van der Waals surface area contributed by atoms with Gasteiger partial charge in [-0.25, -0.2) is 4.39 Å². The first kappa shape index (κ1) is 12.6. The van der Waals surface area contributed by atoms with Crippen LogP contribution in [0.1, 0.15) is 44.6 Å². The van der Waals surface area contributed by atoms with Crippen molar-refractivity contribution in [1.29, 1.82) is 0 Å². The van der Waals surface area contributed by atoms with Crippen LogP contribution in [0.2, 0.25) is 0 Å². The third kappa shape index (κ3) is 3.81. The second-order valence-corrected chi connectivity index (χ2v) is 5.49. The molecule has 1 saturated carbocycles. The van der Waals surface area contributed by atoms with Gasteiger partial charge in [-0.1, -0.05) is 26.0 Å². The molecule has 1 N–H and O–H groups in total. The third-order valence-electron chi connectivity index (χ3n) is 3.45. The Morgan fingerprint density at radius 1 is 1.29 bits per heavy atom. The van der Waals surface area contributed by atoms with Crippen LogP contribution in [0.5, 0.6) is 0 Å². The minimum atomic E-state index is -0.143. The molecule has 1 aromatic carbocycles. The molecular weight excluding hydrogens is 213 g/mol. The zero-order chi connectivity index (χ0) is 12.3. The largest absolute Gasteiger partial charge is 0.313 e. The lowest BCUT2D eigenvalue weighted by Gasteiger charge is -2.06. The number of hydrogen-bond acceptors (Lipinski definition) is 1. The summed E-state index contributed by atoms with van der Waals surface area (Å²) in [6.07, 6.45) is 3.75. The van der Waals surface area contributed by atoms with Crippen molar-refractivity contribution in [2.75, 3.05) is 6.54 Å². The summed E-state index contributed by atoms with van der Waals surface area (Å²) in [4.78, 5) is 0. The van der Waals surface area contributed by atoms with Crippen LogP contribution in [0.4, 0.5) is 4.39 Å². The topological polar surface area (TPSA) is 12.0 Å². The summed E-state index contributed by atoms with van der Waals surface area (Å²) in [6.45, 7) is 5.64. The lowest BCUT2D eigenvalue weighted by atomic mass is 10.1. The molecule has 1 aliphatic carbocycles. The molecule has 0 aliphatic heterocycles. The molecule has 1 aromatic rings. The van der Waals surface area contributed by atoms with E-state index in [1.54, 1.807) is 12.1 Å². The van der Waals surface area contributed by atoms with Crippen LogP contribution in [0.3, 0.4) is 0 Å². The Morgan fingerprint density at radius 2 is 2.00 bits per heavy atom. The van der Waals surface area contributed by atoms with E-state index in [1.165, 1.54) is 24.8 Å². The molecule has 94 valence electrons. The third-order valence-corrected chi connectivity index (χ3v) is 3.45. The van der Waals surface area contributed by atoms with E-state index in [4.69, 9.17) is 0 Å². The van der Waals surface area contributed by atoms with Gasteiger partial charge < -0.3 is 5.32 Å². The highest BCUT2D eigenvalue weighted by atomic mass is 19.1. The van der Waals surface area contributed by atoms with Gasteiger partial charge in [-0.3, -0.25) is 0 Å². The van der Waals surface area contributed by atoms with Gasteiger partial charge in [0.15, 0.2) is 0 Å². The monoisotopic (exact) mass is 235 g/mol. The van der Waals surface area contributed by atoms with Crippen LogP contribution in [0.15, 0.2) is 24.3 Å². The molecule has 17 heavy (non-hydrogen) atoms. The van der Waals surface area contributed by atoms with Crippen LogP contribution in [0, 0.1) is 11.7 Å². The molecule has 0 radical (unpaired) electrons. The molecule has 2 unspecified atom stereocenters. The van der Waals surface area contributed by atoms with E-state index in [-0.39, 0.29) is 5.82 Å². The predicted octanol–water partition coefficient (Wildman–Crippen LogP) is 3.71. The van der Waals surface area contributed by atoms with E-state index < -0.39 is 0 Å². The van der Waals surface area contributed by atoms with E-state index in [0.717, 1.165) is 12.5 Å². The van der Waals surface area contributed by atoms with Crippen molar-refractivity contribution in [3.8, 4) is 0 Å². The van der Waals surface area contributed by atoms with Gasteiger partial charge >= 0.3 is 0 Å². The Bertz CT molecular complexity index is 344. The van der Waals surface area contributed by atoms with Crippen molar-refractivity contribution in [1.82, 2.24) is 5.32 Å². The molecule has 0 amide bonds. The van der Waals surface area contributed by atoms with E-state index in [0.29, 0.717) is 12.0 Å². The maximum absolute atomic E-state index is 12.8. The van der Waals surface area contributed by atoms with Crippen LogP contribution in [-0.4, -0.2) is 12.6 Å². The summed E-state index contributed by atoms with van der Waals surface area (Å²) in [7, 11) is 0. The van der Waals surface area contributed by atoms with Crippen LogP contribution in [-0.2, 0) is 0 Å². The molecule has 1 nitrogen and oxygen atoms in total. The fraction of sp³-hybridized carbons (Fsp3) is 0.600. The maximum Gasteiger partial charge on any atom is 0.123 e. The second kappa shape index (κ2) is 5.63. The van der Waals surface area contributed by atoms with Gasteiger partial charge in [-0.2, -0.15) is 0 Å². The molecule has 1 aliphatic rings. The standard InChI is InChI=1S/C15H22FN/c1-11(2)4-3-9-17-15-10-14(15)12-5-7-13(16)8-6-12/h5-8,11,14-15,17H,3-4,9-10H2,1-2H3. The fourth-order valence-electron chi connectivity index (χ4n) is 2.30. The Balaban J connectivity index is 1.68. The first-order valence-electron chi connectivity index (χ1n) is 6.65. The molecule has 0 heterocycles. The minimum absolute atomic E-state index is 0.143. The lowest BCUT2D eigenvalue weighted by molar-refractivity contribution is 0.524. The van der Waals surface area contributed by atoms with Crippen molar-refractivity contribution in [2.24, 2.45) is 5.92 Å². The van der Waals surface area contributed by atoms with Gasteiger partial charge in [0.2, 0.25) is 0 Å². The summed E-state index contributed by atoms with van der Waals surface area (Å²) in [5.41, 5.74) is 1.27. The van der Waals surface area contributed by atoms with Crippen molar-refractivity contribution in [3.05, 3.63) is 35.6 Å². The lowest BCUT2D eigenvalue weighted by Crippen LogP contribution is -2.19. The van der Waals surface area contributed by atoms with E-state index in [9.17, 15) is 4.39 Å². The van der Waals surface area contributed by atoms with Gasteiger partial charge in [0.05, 0.1) is 0 Å². The van der Waals surface area contributed by atoms with Gasteiger partial charge in [-0.15, -0.1) is 0 Å². The SMILES string of the molecule is CC(C)CCCNC1CC1c1ccc(F)cc1. The minimum Gasteiger partial charge on any atom is -0.313 e. The molecule has 2 atom stereocenters. The molecule has 2 heteroatoms. The summed E-state index contributed by atoms with van der Waals surface area (Å²) < 4.78 is 12.8. The molecular formula is C15H22FN. The normalized spacial score (nSPS) is 23.1. The summed E-state index contributed by atoms with van der Waals surface area (Å²) in [6, 6.07) is 7.56. The summed E-state index contributed by atoms with van der Waals surface area (Å²) in [5.74, 6) is 1.26.